The first-order valence-electron chi connectivity index (χ1n) is 7.36. The average Bonchev–Trinajstić information content (AvgIpc) is 2.86. The summed E-state index contributed by atoms with van der Waals surface area (Å²) in [6.07, 6.45) is 0.135. The molecule has 21 heavy (non-hydrogen) atoms. The van der Waals surface area contributed by atoms with Crippen molar-refractivity contribution in [2.45, 2.75) is 26.9 Å². The number of aromatic nitrogens is 1. The highest BCUT2D eigenvalue weighted by Crippen LogP contribution is 2.25. The van der Waals surface area contributed by atoms with E-state index < -0.39 is 0 Å². The number of rotatable bonds is 6. The summed E-state index contributed by atoms with van der Waals surface area (Å²) in [7, 11) is 0. The molecule has 1 fully saturated rings. The van der Waals surface area contributed by atoms with Gasteiger partial charge in [0.25, 0.3) is 0 Å². The molecule has 6 nitrogen and oxygen atoms in total. The van der Waals surface area contributed by atoms with Crippen molar-refractivity contribution >= 4 is 22.5 Å². The van der Waals surface area contributed by atoms with Gasteiger partial charge in [0.1, 0.15) is 10.6 Å². The Morgan fingerprint density at radius 1 is 1.57 bits per heavy atom. The smallest absolute Gasteiger partial charge is 0.343 e. The molecule has 7 heteroatoms. The summed E-state index contributed by atoms with van der Waals surface area (Å²) < 4.78 is 15.1. The van der Waals surface area contributed by atoms with E-state index in [1.54, 1.807) is 6.92 Å². The molecular weight excluding hydrogens is 290 g/mol. The van der Waals surface area contributed by atoms with Crippen LogP contribution in [-0.4, -0.2) is 60.7 Å². The molecule has 1 saturated heterocycles. The van der Waals surface area contributed by atoms with Crippen LogP contribution < -0.4 is 5.32 Å². The lowest BCUT2D eigenvalue weighted by atomic mass is 10.2. The minimum absolute atomic E-state index is 0.135. The lowest BCUT2D eigenvalue weighted by Crippen LogP contribution is -2.45. The van der Waals surface area contributed by atoms with Crippen LogP contribution >= 0.6 is 11.5 Å². The van der Waals surface area contributed by atoms with Gasteiger partial charge in [0, 0.05) is 19.6 Å². The summed E-state index contributed by atoms with van der Waals surface area (Å²) in [6, 6.07) is 0. The number of anilines is 1. The van der Waals surface area contributed by atoms with E-state index in [0.29, 0.717) is 24.4 Å². The van der Waals surface area contributed by atoms with E-state index in [4.69, 9.17) is 9.47 Å². The summed E-state index contributed by atoms with van der Waals surface area (Å²) in [5.41, 5.74) is 1.26. The quantitative estimate of drug-likeness (QED) is 0.808. The minimum Gasteiger partial charge on any atom is -0.462 e. The number of aryl methyl sites for hydroxylation is 1. The summed E-state index contributed by atoms with van der Waals surface area (Å²) in [6.45, 7) is 10.5. The molecule has 118 valence electrons. The van der Waals surface area contributed by atoms with Crippen LogP contribution in [-0.2, 0) is 9.47 Å². The number of nitrogens with zero attached hydrogens (tertiary/aromatic N) is 2. The molecule has 0 amide bonds. The third kappa shape index (κ3) is 4.15. The summed E-state index contributed by atoms with van der Waals surface area (Å²) in [4.78, 5) is 14.3. The van der Waals surface area contributed by atoms with Crippen LogP contribution in [0.2, 0.25) is 0 Å². The van der Waals surface area contributed by atoms with Gasteiger partial charge in [-0.25, -0.2) is 4.79 Å². The van der Waals surface area contributed by atoms with Crippen molar-refractivity contribution in [1.82, 2.24) is 9.27 Å². The number of esters is 1. The van der Waals surface area contributed by atoms with Gasteiger partial charge >= 0.3 is 5.97 Å². The first kappa shape index (κ1) is 16.2. The van der Waals surface area contributed by atoms with Crippen LogP contribution in [0.4, 0.5) is 5.00 Å². The van der Waals surface area contributed by atoms with Gasteiger partial charge < -0.3 is 14.8 Å². The van der Waals surface area contributed by atoms with Gasteiger partial charge in [0.15, 0.2) is 0 Å². The van der Waals surface area contributed by atoms with Crippen molar-refractivity contribution in [3.63, 3.8) is 0 Å². The molecule has 0 bridgehead atoms. The van der Waals surface area contributed by atoms with Crippen molar-refractivity contribution in [3.8, 4) is 0 Å². The number of carbonyl (C=O) groups is 1. The van der Waals surface area contributed by atoms with Crippen molar-refractivity contribution in [2.75, 3.05) is 44.7 Å². The van der Waals surface area contributed by atoms with Crippen LogP contribution in [0, 0.1) is 6.92 Å². The minimum atomic E-state index is -0.314. The summed E-state index contributed by atoms with van der Waals surface area (Å²) in [5.74, 6) is -0.314. The van der Waals surface area contributed by atoms with Crippen molar-refractivity contribution in [1.29, 1.82) is 0 Å². The van der Waals surface area contributed by atoms with Gasteiger partial charge in [-0.1, -0.05) is 6.92 Å². The topological polar surface area (TPSA) is 63.7 Å². The van der Waals surface area contributed by atoms with Crippen LogP contribution in [0.25, 0.3) is 0 Å². The molecule has 1 aliphatic rings. The Labute approximate surface area is 129 Å². The Morgan fingerprint density at radius 2 is 2.38 bits per heavy atom. The number of hydrogen-bond acceptors (Lipinski definition) is 7. The van der Waals surface area contributed by atoms with Gasteiger partial charge in [-0.15, -0.1) is 0 Å². The second-order valence-corrected chi connectivity index (χ2v) is 5.73. The first-order chi connectivity index (χ1) is 10.2. The van der Waals surface area contributed by atoms with Gasteiger partial charge in [0.2, 0.25) is 0 Å². The second kappa shape index (κ2) is 7.72. The zero-order valence-electron chi connectivity index (χ0n) is 12.8. The number of nitrogens with one attached hydrogen (secondary N) is 1. The SMILES string of the molecule is CCOC(=O)c1c(C)nsc1NCC1CN(CC)CCO1. The molecule has 0 spiro atoms. The zero-order valence-corrected chi connectivity index (χ0v) is 13.7. The number of likely N-dealkylation sites (N-methyl/N-ethyl adjacent to an activating group) is 1. The van der Waals surface area contributed by atoms with Crippen LogP contribution in [0.3, 0.4) is 0 Å². The van der Waals surface area contributed by atoms with Crippen LogP contribution in [0.5, 0.6) is 0 Å². The van der Waals surface area contributed by atoms with Gasteiger partial charge in [-0.2, -0.15) is 4.37 Å². The van der Waals surface area contributed by atoms with E-state index in [2.05, 4.69) is 21.5 Å². The summed E-state index contributed by atoms with van der Waals surface area (Å²) >= 11 is 1.29. The molecule has 1 unspecified atom stereocenters. The van der Waals surface area contributed by atoms with Crippen molar-refractivity contribution in [2.24, 2.45) is 0 Å². The van der Waals surface area contributed by atoms with Crippen LogP contribution in [0.15, 0.2) is 0 Å². The molecular formula is C14H23N3O3S. The van der Waals surface area contributed by atoms with Gasteiger partial charge in [0.05, 0.1) is 25.0 Å². The Hall–Kier alpha value is -1.18. The molecule has 1 aromatic heterocycles. The number of carbonyl (C=O) groups excluding carboxylic acids is 1. The fourth-order valence-corrected chi connectivity index (χ4v) is 3.12. The van der Waals surface area contributed by atoms with Gasteiger partial charge in [-0.3, -0.25) is 4.90 Å². The number of hydrogen-bond donors (Lipinski definition) is 1. The van der Waals surface area contributed by atoms with E-state index in [1.807, 2.05) is 6.92 Å². The molecule has 1 aliphatic heterocycles. The Balaban J connectivity index is 1.95. The maximum Gasteiger partial charge on any atom is 0.343 e. The predicted molar refractivity (Wildman–Crippen MR) is 83.2 cm³/mol. The fraction of sp³-hybridized carbons (Fsp3) is 0.714. The molecule has 0 aliphatic carbocycles. The Bertz CT molecular complexity index is 478. The van der Waals surface area contributed by atoms with Crippen LogP contribution in [0.1, 0.15) is 29.9 Å². The maximum absolute atomic E-state index is 12.0. The highest BCUT2D eigenvalue weighted by Gasteiger charge is 2.22. The molecule has 2 heterocycles. The monoisotopic (exact) mass is 313 g/mol. The number of morpholine rings is 1. The lowest BCUT2D eigenvalue weighted by Gasteiger charge is -2.32. The van der Waals surface area contributed by atoms with E-state index in [9.17, 15) is 4.79 Å². The molecule has 1 atom stereocenters. The lowest BCUT2D eigenvalue weighted by molar-refractivity contribution is -0.0191. The average molecular weight is 313 g/mol. The van der Waals surface area contributed by atoms with E-state index in [-0.39, 0.29) is 12.1 Å². The second-order valence-electron chi connectivity index (χ2n) is 4.96. The van der Waals surface area contributed by atoms with E-state index in [0.717, 1.165) is 31.2 Å². The van der Waals surface area contributed by atoms with Gasteiger partial charge in [-0.05, 0) is 31.9 Å². The maximum atomic E-state index is 12.0. The molecule has 0 radical (unpaired) electrons. The normalized spacial score (nSPS) is 19.5. The number of ether oxygens (including phenoxy) is 2. The molecule has 1 aromatic rings. The zero-order chi connectivity index (χ0) is 15.2. The third-order valence-electron chi connectivity index (χ3n) is 3.50. The molecule has 0 aromatic carbocycles. The van der Waals surface area contributed by atoms with Crippen molar-refractivity contribution in [3.05, 3.63) is 11.3 Å². The Kier molecular flexibility index (Phi) is 5.96. The summed E-state index contributed by atoms with van der Waals surface area (Å²) in [5, 5.41) is 4.06. The largest absolute Gasteiger partial charge is 0.462 e. The highest BCUT2D eigenvalue weighted by molar-refractivity contribution is 7.10. The van der Waals surface area contributed by atoms with Crippen molar-refractivity contribution < 1.29 is 14.3 Å². The molecule has 0 saturated carbocycles. The van der Waals surface area contributed by atoms with E-state index >= 15 is 0 Å². The molecule has 2 rings (SSSR count). The van der Waals surface area contributed by atoms with E-state index in [1.165, 1.54) is 11.5 Å². The third-order valence-corrected chi connectivity index (χ3v) is 4.40. The standard InChI is InChI=1S/C14H23N3O3S/c1-4-17-6-7-20-11(9-17)8-15-13-12(10(3)16-21-13)14(18)19-5-2/h11,15H,4-9H2,1-3H3. The first-order valence-corrected chi connectivity index (χ1v) is 8.14. The highest BCUT2D eigenvalue weighted by atomic mass is 32.1. The predicted octanol–water partition coefficient (Wildman–Crippen LogP) is 1.76. The fourth-order valence-electron chi connectivity index (χ4n) is 2.33. The molecule has 1 N–H and O–H groups in total. The Morgan fingerprint density at radius 3 is 3.10 bits per heavy atom.